The van der Waals surface area contributed by atoms with Crippen molar-refractivity contribution in [1.82, 2.24) is 0 Å². The summed E-state index contributed by atoms with van der Waals surface area (Å²) in [6, 6.07) is 66.8. The Labute approximate surface area is 354 Å². The van der Waals surface area contributed by atoms with Crippen LogP contribution in [0.15, 0.2) is 182 Å². The van der Waals surface area contributed by atoms with E-state index in [0.29, 0.717) is 0 Å². The van der Waals surface area contributed by atoms with Gasteiger partial charge in [-0.15, -0.1) is 0 Å². The molecule has 0 saturated carbocycles. The predicted octanol–water partition coefficient (Wildman–Crippen LogP) is 16.7. The Balaban J connectivity index is 1.28. The first-order chi connectivity index (χ1) is 29.3. The lowest BCUT2D eigenvalue weighted by Crippen LogP contribution is -2.15. The molecule has 0 saturated heterocycles. The number of hydrogen-bond donors (Lipinski definition) is 0. The summed E-state index contributed by atoms with van der Waals surface area (Å²) in [5.41, 5.74) is 19.5. The number of rotatable bonds is 8. The highest BCUT2D eigenvalue weighted by molar-refractivity contribution is 6.29. The third kappa shape index (κ3) is 6.02. The molecule has 0 fully saturated rings. The first-order valence-electron chi connectivity index (χ1n) is 21.0. The molecule has 60 heavy (non-hydrogen) atoms. The first kappa shape index (κ1) is 37.1. The fourth-order valence-corrected chi connectivity index (χ4v) is 9.82. The molecule has 0 atom stereocenters. The van der Waals surface area contributed by atoms with E-state index in [0.717, 1.165) is 11.4 Å². The van der Waals surface area contributed by atoms with Gasteiger partial charge in [0, 0.05) is 22.1 Å². The van der Waals surface area contributed by atoms with Crippen LogP contribution in [-0.4, -0.2) is 0 Å². The van der Waals surface area contributed by atoms with Crippen LogP contribution in [0.2, 0.25) is 0 Å². The van der Waals surface area contributed by atoms with Gasteiger partial charge in [0.15, 0.2) is 0 Å². The smallest absolute Gasteiger partial charge is 0.0543 e. The second-order valence-corrected chi connectivity index (χ2v) is 16.4. The highest BCUT2D eigenvalue weighted by Crippen LogP contribution is 2.51. The standard InChI is InChI=1S/C58H48N2/c1-37-27-29-49(43-19-11-7-12-20-43)41(5)57(37)59(45-23-15-9-16-24-45)53-35-39(3)47-32-34-52-54(36-40(4)48-31-33-51(53)55(47)56(48)52)60(46-25-17-10-18-26-46)58-38(2)28-30-50(42(58)6)44-21-13-8-14-22-44/h7-36H,1-6H3. The van der Waals surface area contributed by atoms with Crippen LogP contribution in [0.1, 0.15) is 33.4 Å². The highest BCUT2D eigenvalue weighted by Gasteiger charge is 2.27. The molecule has 0 N–H and O–H groups in total. The normalized spacial score (nSPS) is 11.5. The number of anilines is 6. The zero-order valence-corrected chi connectivity index (χ0v) is 35.2. The third-order valence-corrected chi connectivity index (χ3v) is 12.7. The summed E-state index contributed by atoms with van der Waals surface area (Å²) in [5, 5.41) is 7.66. The van der Waals surface area contributed by atoms with Crippen molar-refractivity contribution < 1.29 is 0 Å². The molecule has 290 valence electrons. The van der Waals surface area contributed by atoms with Gasteiger partial charge >= 0.3 is 0 Å². The second-order valence-electron chi connectivity index (χ2n) is 16.4. The highest BCUT2D eigenvalue weighted by atomic mass is 15.2. The van der Waals surface area contributed by atoms with Crippen molar-refractivity contribution in [2.45, 2.75) is 41.5 Å². The van der Waals surface area contributed by atoms with Gasteiger partial charge in [-0.25, -0.2) is 0 Å². The Morgan fingerprint density at radius 2 is 0.633 bits per heavy atom. The van der Waals surface area contributed by atoms with Gasteiger partial charge in [0.05, 0.1) is 22.7 Å². The van der Waals surface area contributed by atoms with Crippen molar-refractivity contribution in [3.8, 4) is 22.3 Å². The summed E-state index contributed by atoms with van der Waals surface area (Å²) < 4.78 is 0. The molecule has 0 unspecified atom stereocenters. The zero-order valence-electron chi connectivity index (χ0n) is 35.2. The topological polar surface area (TPSA) is 6.48 Å². The van der Waals surface area contributed by atoms with Gasteiger partial charge < -0.3 is 9.80 Å². The molecule has 0 aromatic heterocycles. The van der Waals surface area contributed by atoms with E-state index in [1.54, 1.807) is 0 Å². The average molecular weight is 773 g/mol. The molecule has 10 aromatic carbocycles. The Hall–Kier alpha value is -7.16. The summed E-state index contributed by atoms with van der Waals surface area (Å²) in [4.78, 5) is 5.03. The van der Waals surface area contributed by atoms with E-state index in [4.69, 9.17) is 0 Å². The van der Waals surface area contributed by atoms with E-state index in [1.807, 2.05) is 0 Å². The maximum Gasteiger partial charge on any atom is 0.0543 e. The molecule has 2 nitrogen and oxygen atoms in total. The molecule has 0 amide bonds. The minimum Gasteiger partial charge on any atom is -0.309 e. The van der Waals surface area contributed by atoms with Crippen LogP contribution in [0, 0.1) is 41.5 Å². The van der Waals surface area contributed by atoms with Crippen molar-refractivity contribution in [2.24, 2.45) is 0 Å². The first-order valence-corrected chi connectivity index (χ1v) is 21.0. The van der Waals surface area contributed by atoms with Crippen LogP contribution in [0.4, 0.5) is 34.1 Å². The van der Waals surface area contributed by atoms with Crippen LogP contribution < -0.4 is 9.80 Å². The van der Waals surface area contributed by atoms with E-state index in [1.165, 1.54) is 111 Å². The maximum absolute atomic E-state index is 2.52. The van der Waals surface area contributed by atoms with Crippen molar-refractivity contribution in [3.63, 3.8) is 0 Å². The Bertz CT molecular complexity index is 2970. The number of aryl methyl sites for hydroxylation is 4. The van der Waals surface area contributed by atoms with E-state index in [-0.39, 0.29) is 0 Å². The van der Waals surface area contributed by atoms with Crippen LogP contribution in [0.25, 0.3) is 54.6 Å². The Morgan fingerprint density at radius 3 is 1.00 bits per heavy atom. The van der Waals surface area contributed by atoms with Gasteiger partial charge in [0.25, 0.3) is 0 Å². The lowest BCUT2D eigenvalue weighted by atomic mass is 9.87. The molecule has 0 aliphatic carbocycles. The van der Waals surface area contributed by atoms with Crippen molar-refractivity contribution in [3.05, 3.63) is 215 Å². The largest absolute Gasteiger partial charge is 0.309 e. The van der Waals surface area contributed by atoms with Gasteiger partial charge in [-0.2, -0.15) is 0 Å². The summed E-state index contributed by atoms with van der Waals surface area (Å²) in [5.74, 6) is 0. The Kier molecular flexibility index (Phi) is 9.22. The fourth-order valence-electron chi connectivity index (χ4n) is 9.82. The van der Waals surface area contributed by atoms with Crippen LogP contribution in [0.3, 0.4) is 0 Å². The summed E-state index contributed by atoms with van der Waals surface area (Å²) >= 11 is 0. The molecule has 0 bridgehead atoms. The summed E-state index contributed by atoms with van der Waals surface area (Å²) in [6.45, 7) is 13.6. The average Bonchev–Trinajstić information content (AvgIpc) is 3.28. The third-order valence-electron chi connectivity index (χ3n) is 12.7. The molecule has 2 heteroatoms. The molecule has 0 spiro atoms. The lowest BCUT2D eigenvalue weighted by Gasteiger charge is -2.33. The van der Waals surface area contributed by atoms with Gasteiger partial charge in [-0.3, -0.25) is 0 Å². The van der Waals surface area contributed by atoms with Gasteiger partial charge in [0.2, 0.25) is 0 Å². The molecular formula is C58H48N2. The predicted molar refractivity (Wildman–Crippen MR) is 259 cm³/mol. The van der Waals surface area contributed by atoms with Gasteiger partial charge in [-0.1, -0.05) is 146 Å². The zero-order chi connectivity index (χ0) is 41.1. The maximum atomic E-state index is 2.52. The van der Waals surface area contributed by atoms with Crippen LogP contribution in [-0.2, 0) is 0 Å². The molecule has 0 radical (unpaired) electrons. The second kappa shape index (κ2) is 14.9. The van der Waals surface area contributed by atoms with Crippen molar-refractivity contribution >= 4 is 66.4 Å². The number of benzene rings is 10. The molecule has 0 heterocycles. The SMILES string of the molecule is Cc1ccc(-c2ccccc2)c(C)c1N(c1ccccc1)c1cc(C)c2ccc3c(N(c4ccccc4)c4c(C)ccc(-c5ccccc5)c4C)cc(C)c4ccc1c2c43. The monoisotopic (exact) mass is 772 g/mol. The molecular weight excluding hydrogens is 725 g/mol. The number of hydrogen-bond acceptors (Lipinski definition) is 2. The Morgan fingerprint density at radius 1 is 0.300 bits per heavy atom. The minimum absolute atomic E-state index is 1.14. The van der Waals surface area contributed by atoms with Crippen LogP contribution in [0.5, 0.6) is 0 Å². The quantitative estimate of drug-likeness (QED) is 0.142. The summed E-state index contributed by atoms with van der Waals surface area (Å²) in [7, 11) is 0. The molecule has 0 aliphatic heterocycles. The molecule has 0 aliphatic rings. The lowest BCUT2D eigenvalue weighted by molar-refractivity contribution is 1.22. The fraction of sp³-hybridized carbons (Fsp3) is 0.103. The van der Waals surface area contributed by atoms with Crippen LogP contribution >= 0.6 is 0 Å². The van der Waals surface area contributed by atoms with Gasteiger partial charge in [0.1, 0.15) is 0 Å². The number of para-hydroxylation sites is 2. The van der Waals surface area contributed by atoms with Gasteiger partial charge in [-0.05, 0) is 155 Å². The molecule has 10 aromatic rings. The van der Waals surface area contributed by atoms with E-state index < -0.39 is 0 Å². The van der Waals surface area contributed by atoms with E-state index >= 15 is 0 Å². The van der Waals surface area contributed by atoms with Crippen molar-refractivity contribution in [1.29, 1.82) is 0 Å². The summed E-state index contributed by atoms with van der Waals surface area (Å²) in [6.07, 6.45) is 0. The van der Waals surface area contributed by atoms with E-state index in [9.17, 15) is 0 Å². The molecule has 10 rings (SSSR count). The van der Waals surface area contributed by atoms with E-state index in [2.05, 4.69) is 233 Å². The van der Waals surface area contributed by atoms with Crippen molar-refractivity contribution in [2.75, 3.05) is 9.80 Å². The number of nitrogens with zero attached hydrogens (tertiary/aromatic N) is 2. The minimum atomic E-state index is 1.14.